The summed E-state index contributed by atoms with van der Waals surface area (Å²) >= 11 is 0. The normalized spacial score (nSPS) is 24.9. The average molecular weight is 408 g/mol. The molecule has 2 atom stereocenters. The molecule has 10 heteroatoms. The summed E-state index contributed by atoms with van der Waals surface area (Å²) in [6, 6.07) is 0. The third-order valence-electron chi connectivity index (χ3n) is 4.18. The van der Waals surface area contributed by atoms with Gasteiger partial charge in [-0.1, -0.05) is 13.8 Å². The van der Waals surface area contributed by atoms with Gasteiger partial charge in [0.25, 0.3) is 0 Å². The third kappa shape index (κ3) is 6.68. The molecule has 9 nitrogen and oxygen atoms in total. The first-order chi connectivity index (χ1) is 12.4. The summed E-state index contributed by atoms with van der Waals surface area (Å²) in [6.45, 7) is 6.34. The van der Waals surface area contributed by atoms with Crippen LogP contribution in [0.3, 0.4) is 0 Å². The summed E-state index contributed by atoms with van der Waals surface area (Å²) in [4.78, 5) is 35.4. The lowest BCUT2D eigenvalue weighted by atomic mass is 9.84. The smallest absolute Gasteiger partial charge is 0.469 e. The van der Waals surface area contributed by atoms with Crippen molar-refractivity contribution in [3.63, 3.8) is 0 Å². The Morgan fingerprint density at radius 1 is 1.15 bits per heavy atom. The molecule has 0 amide bonds. The van der Waals surface area contributed by atoms with Gasteiger partial charge in [-0.25, -0.2) is 4.57 Å². The minimum Gasteiger partial charge on any atom is -0.469 e. The first kappa shape index (κ1) is 23.8. The second kappa shape index (κ2) is 9.28. The van der Waals surface area contributed by atoms with Crippen LogP contribution in [0, 0.1) is 10.8 Å². The van der Waals surface area contributed by atoms with Gasteiger partial charge in [0.15, 0.2) is 5.78 Å². The standard InChI is InChI=1S/C17H29O9P/c1-16(2)10-24-27(21,25-11-17(3,4)15(20)23-6)26-14(16)12(18)8-7-9-13(19)22-5/h14H,7-11H2,1-6H3/t14-,27+/m0/s1. The van der Waals surface area contributed by atoms with Gasteiger partial charge in [0, 0.05) is 18.3 Å². The van der Waals surface area contributed by atoms with Gasteiger partial charge in [-0.2, -0.15) is 0 Å². The monoisotopic (exact) mass is 408 g/mol. The van der Waals surface area contributed by atoms with Crippen molar-refractivity contribution in [2.75, 3.05) is 27.4 Å². The third-order valence-corrected chi connectivity index (χ3v) is 5.54. The highest BCUT2D eigenvalue weighted by Gasteiger charge is 2.49. The predicted molar refractivity (Wildman–Crippen MR) is 94.8 cm³/mol. The summed E-state index contributed by atoms with van der Waals surface area (Å²) in [5.41, 5.74) is -1.79. The number of carbonyl (C=O) groups excluding carboxylic acids is 3. The number of rotatable bonds is 9. The molecule has 0 bridgehead atoms. The summed E-state index contributed by atoms with van der Waals surface area (Å²) in [6.07, 6.45) is -0.552. The maximum absolute atomic E-state index is 12.8. The number of ether oxygens (including phenoxy) is 2. The molecule has 1 aliphatic rings. The number of phosphoric acid groups is 1. The van der Waals surface area contributed by atoms with Crippen molar-refractivity contribution < 1.29 is 42.0 Å². The summed E-state index contributed by atoms with van der Waals surface area (Å²) in [5, 5.41) is 0. The Labute approximate surface area is 159 Å². The van der Waals surface area contributed by atoms with Gasteiger partial charge in [-0.05, 0) is 20.3 Å². The molecule has 0 aliphatic carbocycles. The van der Waals surface area contributed by atoms with Crippen LogP contribution in [-0.2, 0) is 42.0 Å². The fraction of sp³-hybridized carbons (Fsp3) is 0.824. The quantitative estimate of drug-likeness (QED) is 0.419. The number of Topliss-reactive ketones (excluding diaryl/α,β-unsaturated/α-hetero) is 1. The Morgan fingerprint density at radius 3 is 2.33 bits per heavy atom. The van der Waals surface area contributed by atoms with Crippen molar-refractivity contribution in [1.82, 2.24) is 0 Å². The number of hydrogen-bond acceptors (Lipinski definition) is 9. The van der Waals surface area contributed by atoms with Crippen LogP contribution in [-0.4, -0.2) is 51.3 Å². The van der Waals surface area contributed by atoms with Gasteiger partial charge in [0.2, 0.25) is 0 Å². The molecule has 0 aromatic carbocycles. The van der Waals surface area contributed by atoms with Crippen LogP contribution in [0.1, 0.15) is 47.0 Å². The van der Waals surface area contributed by atoms with E-state index >= 15 is 0 Å². The molecule has 0 radical (unpaired) electrons. The molecule has 1 fully saturated rings. The molecule has 27 heavy (non-hydrogen) atoms. The fourth-order valence-electron chi connectivity index (χ4n) is 2.40. The SMILES string of the molecule is COC(=O)CCCC(=O)[C@@H]1O[P@@](=O)(OCC(C)(C)C(=O)OC)OCC1(C)C. The summed E-state index contributed by atoms with van der Waals surface area (Å²) in [7, 11) is -1.51. The number of methoxy groups -OCH3 is 2. The molecular formula is C17H29O9P. The summed E-state index contributed by atoms with van der Waals surface area (Å²) in [5.74, 6) is -1.25. The lowest BCUT2D eigenvalue weighted by Gasteiger charge is -2.40. The lowest BCUT2D eigenvalue weighted by Crippen LogP contribution is -2.45. The van der Waals surface area contributed by atoms with E-state index in [1.807, 2.05) is 0 Å². The van der Waals surface area contributed by atoms with E-state index in [0.29, 0.717) is 6.42 Å². The predicted octanol–water partition coefficient (Wildman–Crippen LogP) is 2.66. The number of esters is 2. The fourth-order valence-corrected chi connectivity index (χ4v) is 4.23. The van der Waals surface area contributed by atoms with Crippen molar-refractivity contribution in [3.05, 3.63) is 0 Å². The Kier molecular flexibility index (Phi) is 8.16. The summed E-state index contributed by atoms with van der Waals surface area (Å²) < 4.78 is 38.0. The number of carbonyl (C=O) groups is 3. The molecule has 156 valence electrons. The molecule has 0 saturated carbocycles. The largest absolute Gasteiger partial charge is 0.475 e. The zero-order valence-electron chi connectivity index (χ0n) is 16.7. The second-order valence-corrected chi connectivity index (χ2v) is 9.36. The van der Waals surface area contributed by atoms with Crippen LogP contribution in [0.15, 0.2) is 0 Å². The van der Waals surface area contributed by atoms with Crippen LogP contribution in [0.25, 0.3) is 0 Å². The van der Waals surface area contributed by atoms with E-state index in [2.05, 4.69) is 9.47 Å². The topological polar surface area (TPSA) is 114 Å². The molecular weight excluding hydrogens is 379 g/mol. The van der Waals surface area contributed by atoms with Gasteiger partial charge in [0.1, 0.15) is 6.10 Å². The van der Waals surface area contributed by atoms with Crippen LogP contribution in [0.5, 0.6) is 0 Å². The molecule has 1 saturated heterocycles. The molecule has 1 aliphatic heterocycles. The maximum Gasteiger partial charge on any atom is 0.475 e. The highest BCUT2D eigenvalue weighted by atomic mass is 31.2. The number of hydrogen-bond donors (Lipinski definition) is 0. The Bertz CT molecular complexity index is 612. The zero-order chi connectivity index (χ0) is 20.9. The first-order valence-electron chi connectivity index (χ1n) is 8.62. The zero-order valence-corrected chi connectivity index (χ0v) is 17.6. The molecule has 1 rings (SSSR count). The first-order valence-corrected chi connectivity index (χ1v) is 10.1. The van der Waals surface area contributed by atoms with Crippen LogP contribution >= 0.6 is 7.82 Å². The highest BCUT2D eigenvalue weighted by molar-refractivity contribution is 7.48. The van der Waals surface area contributed by atoms with Crippen molar-refractivity contribution >= 4 is 25.5 Å². The molecule has 0 spiro atoms. The van der Waals surface area contributed by atoms with Gasteiger partial charge in [-0.3, -0.25) is 28.0 Å². The maximum atomic E-state index is 12.8. The van der Waals surface area contributed by atoms with Gasteiger partial charge < -0.3 is 9.47 Å². The molecule has 0 aromatic heterocycles. The van der Waals surface area contributed by atoms with Crippen LogP contribution < -0.4 is 0 Å². The molecule has 0 unspecified atom stereocenters. The molecule has 1 heterocycles. The Balaban J connectivity index is 2.75. The van der Waals surface area contributed by atoms with Crippen molar-refractivity contribution in [2.24, 2.45) is 10.8 Å². The van der Waals surface area contributed by atoms with E-state index in [9.17, 15) is 18.9 Å². The highest BCUT2D eigenvalue weighted by Crippen LogP contribution is 2.58. The molecule has 0 N–H and O–H groups in total. The van der Waals surface area contributed by atoms with E-state index in [0.717, 1.165) is 0 Å². The molecule has 0 aromatic rings. The van der Waals surface area contributed by atoms with Crippen LogP contribution in [0.4, 0.5) is 0 Å². The van der Waals surface area contributed by atoms with Crippen molar-refractivity contribution in [1.29, 1.82) is 0 Å². The van der Waals surface area contributed by atoms with Crippen molar-refractivity contribution in [3.8, 4) is 0 Å². The number of phosphoric ester groups is 1. The van der Waals surface area contributed by atoms with E-state index in [1.54, 1.807) is 27.7 Å². The minimum atomic E-state index is -4.03. The second-order valence-electron chi connectivity index (χ2n) is 7.74. The van der Waals surface area contributed by atoms with E-state index in [4.69, 9.17) is 13.6 Å². The van der Waals surface area contributed by atoms with Gasteiger partial charge >= 0.3 is 19.8 Å². The van der Waals surface area contributed by atoms with Gasteiger partial charge in [-0.15, -0.1) is 0 Å². The number of ketones is 1. The minimum absolute atomic E-state index is 0.0175. The average Bonchev–Trinajstić information content (AvgIpc) is 2.61. The Morgan fingerprint density at radius 2 is 1.78 bits per heavy atom. The Hall–Kier alpha value is -1.28. The van der Waals surface area contributed by atoms with Crippen LogP contribution in [0.2, 0.25) is 0 Å². The lowest BCUT2D eigenvalue weighted by molar-refractivity contribution is -0.154. The van der Waals surface area contributed by atoms with E-state index in [-0.39, 0.29) is 31.8 Å². The van der Waals surface area contributed by atoms with E-state index in [1.165, 1.54) is 14.2 Å². The van der Waals surface area contributed by atoms with Crippen molar-refractivity contribution in [2.45, 2.75) is 53.1 Å². The van der Waals surface area contributed by atoms with Gasteiger partial charge in [0.05, 0.1) is 32.8 Å². The van der Waals surface area contributed by atoms with E-state index < -0.39 is 36.7 Å².